The van der Waals surface area contributed by atoms with Gasteiger partial charge in [-0.1, -0.05) is 18.5 Å². The van der Waals surface area contributed by atoms with Crippen molar-refractivity contribution in [1.29, 1.82) is 0 Å². The Balaban J connectivity index is 1.90. The molecule has 1 aliphatic heterocycles. The van der Waals surface area contributed by atoms with Crippen molar-refractivity contribution in [3.8, 4) is 11.5 Å². The van der Waals surface area contributed by atoms with Crippen LogP contribution in [0.3, 0.4) is 0 Å². The molecule has 0 saturated carbocycles. The van der Waals surface area contributed by atoms with Gasteiger partial charge in [-0.2, -0.15) is 0 Å². The molecule has 2 atom stereocenters. The summed E-state index contributed by atoms with van der Waals surface area (Å²) in [6, 6.07) is 11.0. The second-order valence-electron chi connectivity index (χ2n) is 7.00. The number of carbonyl (C=O) groups excluding carboxylic acids is 1. The first-order chi connectivity index (χ1) is 13.5. The van der Waals surface area contributed by atoms with Crippen LogP contribution in [-0.2, 0) is 6.42 Å². The third-order valence-corrected chi connectivity index (χ3v) is 5.62. The first-order valence-electron chi connectivity index (χ1n) is 9.53. The van der Waals surface area contributed by atoms with Gasteiger partial charge in [-0.05, 0) is 67.4 Å². The van der Waals surface area contributed by atoms with Gasteiger partial charge in [0.25, 0.3) is 5.91 Å². The summed E-state index contributed by atoms with van der Waals surface area (Å²) in [5.74, 6) is 1.34. The third kappa shape index (κ3) is 4.10. The molecule has 1 N–H and O–H groups in total. The number of rotatable bonds is 6. The number of amides is 1. The largest absolute Gasteiger partial charge is 0.493 e. The molecule has 0 spiro atoms. The van der Waals surface area contributed by atoms with E-state index in [9.17, 15) is 4.79 Å². The molecule has 2 unspecified atom stereocenters. The summed E-state index contributed by atoms with van der Waals surface area (Å²) >= 11 is 5.93. The van der Waals surface area contributed by atoms with Crippen LogP contribution in [0, 0.1) is 0 Å². The number of carbonyl (C=O) groups is 1. The van der Waals surface area contributed by atoms with Crippen LogP contribution in [0.4, 0.5) is 0 Å². The molecular formula is C22H27ClN2O3. The number of benzene rings is 2. The molecule has 0 aromatic heterocycles. The number of methoxy groups -OCH3 is 2. The minimum absolute atomic E-state index is 0.0600. The number of hydrogen-bond donors (Lipinski definition) is 1. The van der Waals surface area contributed by atoms with Gasteiger partial charge >= 0.3 is 0 Å². The highest BCUT2D eigenvalue weighted by Gasteiger charge is 2.33. The van der Waals surface area contributed by atoms with Crippen LogP contribution in [0.15, 0.2) is 36.4 Å². The normalized spacial score (nSPS) is 17.5. The van der Waals surface area contributed by atoms with E-state index in [1.807, 2.05) is 13.0 Å². The van der Waals surface area contributed by atoms with Gasteiger partial charge in [0.2, 0.25) is 0 Å². The lowest BCUT2D eigenvalue weighted by Crippen LogP contribution is -2.47. The van der Waals surface area contributed by atoms with Gasteiger partial charge in [0.05, 0.1) is 20.3 Å². The zero-order valence-electron chi connectivity index (χ0n) is 16.8. The molecule has 0 radical (unpaired) electrons. The molecule has 3 rings (SSSR count). The van der Waals surface area contributed by atoms with Crippen molar-refractivity contribution in [1.82, 2.24) is 10.2 Å². The highest BCUT2D eigenvalue weighted by Crippen LogP contribution is 2.39. The number of hydrogen-bond acceptors (Lipinski definition) is 4. The van der Waals surface area contributed by atoms with Crippen molar-refractivity contribution in [2.45, 2.75) is 32.4 Å². The Morgan fingerprint density at radius 2 is 1.86 bits per heavy atom. The number of likely N-dealkylation sites (N-methyl/N-ethyl adjacent to an activating group) is 1. The summed E-state index contributed by atoms with van der Waals surface area (Å²) in [6.07, 6.45) is 0.942. The Bertz CT molecular complexity index is 838. The Morgan fingerprint density at radius 1 is 1.21 bits per heavy atom. The molecule has 1 amide bonds. The van der Waals surface area contributed by atoms with E-state index in [1.54, 1.807) is 38.5 Å². The van der Waals surface area contributed by atoms with Gasteiger partial charge in [0, 0.05) is 23.2 Å². The summed E-state index contributed by atoms with van der Waals surface area (Å²) in [5.41, 5.74) is 3.01. The fourth-order valence-electron chi connectivity index (χ4n) is 3.94. The van der Waals surface area contributed by atoms with E-state index in [1.165, 1.54) is 11.1 Å². The van der Waals surface area contributed by atoms with E-state index in [4.69, 9.17) is 21.1 Å². The molecule has 6 heteroatoms. The van der Waals surface area contributed by atoms with E-state index in [-0.39, 0.29) is 18.0 Å². The summed E-state index contributed by atoms with van der Waals surface area (Å²) in [7, 11) is 3.29. The monoisotopic (exact) mass is 402 g/mol. The van der Waals surface area contributed by atoms with Gasteiger partial charge in [-0.25, -0.2) is 0 Å². The van der Waals surface area contributed by atoms with Gasteiger partial charge in [-0.3, -0.25) is 9.69 Å². The van der Waals surface area contributed by atoms with Crippen LogP contribution < -0.4 is 14.8 Å². The molecule has 0 bridgehead atoms. The zero-order valence-corrected chi connectivity index (χ0v) is 17.5. The van der Waals surface area contributed by atoms with Crippen LogP contribution in [-0.4, -0.2) is 44.2 Å². The smallest absolute Gasteiger partial charge is 0.251 e. The van der Waals surface area contributed by atoms with Gasteiger partial charge in [0.1, 0.15) is 0 Å². The molecule has 1 heterocycles. The number of nitrogens with one attached hydrogen (secondary N) is 1. The summed E-state index contributed by atoms with van der Waals surface area (Å²) in [5, 5.41) is 3.78. The molecule has 0 aliphatic carbocycles. The van der Waals surface area contributed by atoms with Gasteiger partial charge in [-0.15, -0.1) is 0 Å². The lowest BCUT2D eigenvalue weighted by Gasteiger charge is -2.40. The van der Waals surface area contributed by atoms with Crippen LogP contribution >= 0.6 is 11.6 Å². The summed E-state index contributed by atoms with van der Waals surface area (Å²) in [6.45, 7) is 6.03. The van der Waals surface area contributed by atoms with Crippen LogP contribution in [0.1, 0.15) is 41.4 Å². The average molecular weight is 403 g/mol. The SMILES string of the molecule is CCN1CCc2cc(OC)c(OC)cc2C1C(C)NC(=O)c1ccc(Cl)cc1. The van der Waals surface area contributed by atoms with Gasteiger partial charge in [0.15, 0.2) is 11.5 Å². The lowest BCUT2D eigenvalue weighted by atomic mass is 9.88. The fourth-order valence-corrected chi connectivity index (χ4v) is 4.07. The van der Waals surface area contributed by atoms with E-state index in [0.29, 0.717) is 16.3 Å². The predicted molar refractivity (Wildman–Crippen MR) is 112 cm³/mol. The molecule has 150 valence electrons. The zero-order chi connectivity index (χ0) is 20.3. The third-order valence-electron chi connectivity index (χ3n) is 5.37. The van der Waals surface area contributed by atoms with Crippen LogP contribution in [0.25, 0.3) is 0 Å². The maximum Gasteiger partial charge on any atom is 0.251 e. The van der Waals surface area contributed by atoms with Crippen LogP contribution in [0.5, 0.6) is 11.5 Å². The van der Waals surface area contributed by atoms with E-state index >= 15 is 0 Å². The fraction of sp³-hybridized carbons (Fsp3) is 0.409. The average Bonchev–Trinajstić information content (AvgIpc) is 2.71. The molecule has 1 aliphatic rings. The van der Waals surface area contributed by atoms with E-state index in [0.717, 1.165) is 25.3 Å². The Labute approximate surface area is 171 Å². The highest BCUT2D eigenvalue weighted by atomic mass is 35.5. The van der Waals surface area contributed by atoms with Crippen molar-refractivity contribution >= 4 is 17.5 Å². The number of ether oxygens (including phenoxy) is 2. The van der Waals surface area contributed by atoms with E-state index < -0.39 is 0 Å². The number of halogens is 1. The molecule has 0 saturated heterocycles. The lowest BCUT2D eigenvalue weighted by molar-refractivity contribution is 0.0889. The number of nitrogens with zero attached hydrogens (tertiary/aromatic N) is 1. The molecule has 2 aromatic carbocycles. The predicted octanol–water partition coefficient (Wildman–Crippen LogP) is 4.09. The second kappa shape index (κ2) is 8.84. The molecule has 2 aromatic rings. The standard InChI is InChI=1S/C22H27ClN2O3/c1-5-25-11-10-16-12-19(27-3)20(28-4)13-18(16)21(25)14(2)24-22(26)15-6-8-17(23)9-7-15/h6-9,12-14,21H,5,10-11H2,1-4H3,(H,24,26). The molecule has 28 heavy (non-hydrogen) atoms. The summed E-state index contributed by atoms with van der Waals surface area (Å²) < 4.78 is 11.0. The first-order valence-corrected chi connectivity index (χ1v) is 9.91. The second-order valence-corrected chi connectivity index (χ2v) is 7.43. The minimum Gasteiger partial charge on any atom is -0.493 e. The molecular weight excluding hydrogens is 376 g/mol. The Kier molecular flexibility index (Phi) is 6.47. The maximum absolute atomic E-state index is 12.7. The van der Waals surface area contributed by atoms with Crippen molar-refractivity contribution in [3.05, 3.63) is 58.1 Å². The molecule has 0 fully saturated rings. The Hall–Kier alpha value is -2.24. The minimum atomic E-state index is -0.104. The summed E-state index contributed by atoms with van der Waals surface area (Å²) in [4.78, 5) is 15.1. The van der Waals surface area contributed by atoms with Crippen molar-refractivity contribution in [3.63, 3.8) is 0 Å². The van der Waals surface area contributed by atoms with Crippen molar-refractivity contribution in [2.24, 2.45) is 0 Å². The van der Waals surface area contributed by atoms with Crippen molar-refractivity contribution < 1.29 is 14.3 Å². The maximum atomic E-state index is 12.7. The topological polar surface area (TPSA) is 50.8 Å². The van der Waals surface area contributed by atoms with Crippen molar-refractivity contribution in [2.75, 3.05) is 27.3 Å². The van der Waals surface area contributed by atoms with Gasteiger partial charge < -0.3 is 14.8 Å². The quantitative estimate of drug-likeness (QED) is 0.790. The first kappa shape index (κ1) is 20.5. The number of fused-ring (bicyclic) bond motifs is 1. The highest BCUT2D eigenvalue weighted by molar-refractivity contribution is 6.30. The van der Waals surface area contributed by atoms with E-state index in [2.05, 4.69) is 23.2 Å². The van der Waals surface area contributed by atoms with Crippen LogP contribution in [0.2, 0.25) is 5.02 Å². The Morgan fingerprint density at radius 3 is 2.46 bits per heavy atom. The molecule has 5 nitrogen and oxygen atoms in total.